The summed E-state index contributed by atoms with van der Waals surface area (Å²) in [5.74, 6) is 0. The van der Waals surface area contributed by atoms with Crippen LogP contribution in [0.2, 0.25) is 5.02 Å². The molecule has 0 spiro atoms. The number of halogens is 1. The molecule has 2 rings (SSSR count). The molecule has 0 aromatic heterocycles. The summed E-state index contributed by atoms with van der Waals surface area (Å²) >= 11 is 5.95. The number of nitro benzene ring substituents is 1. The Morgan fingerprint density at radius 3 is 2.70 bits per heavy atom. The van der Waals surface area contributed by atoms with Crippen LogP contribution in [-0.2, 0) is 4.74 Å². The molecule has 1 heterocycles. The van der Waals surface area contributed by atoms with Crippen molar-refractivity contribution < 1.29 is 9.66 Å². The lowest BCUT2D eigenvalue weighted by atomic mass is 9.82. The van der Waals surface area contributed by atoms with Gasteiger partial charge in [0.15, 0.2) is 0 Å². The summed E-state index contributed by atoms with van der Waals surface area (Å²) in [6, 6.07) is 3.15. The van der Waals surface area contributed by atoms with Gasteiger partial charge in [0.2, 0.25) is 0 Å². The zero-order chi connectivity index (χ0) is 14.8. The Balaban J connectivity index is 2.10. The molecule has 0 amide bonds. The van der Waals surface area contributed by atoms with E-state index in [-0.39, 0.29) is 16.1 Å². The highest BCUT2D eigenvalue weighted by Crippen LogP contribution is 2.33. The summed E-state index contributed by atoms with van der Waals surface area (Å²) in [5.41, 5.74) is 1.83. The summed E-state index contributed by atoms with van der Waals surface area (Å²) in [6.07, 6.45) is 2.03. The lowest BCUT2D eigenvalue weighted by molar-refractivity contribution is -0.384. The minimum atomic E-state index is -0.459. The Hall–Kier alpha value is -1.33. The number of hydrogen-bond acceptors (Lipinski definition) is 4. The predicted molar refractivity (Wildman–Crippen MR) is 79.5 cm³/mol. The first kappa shape index (κ1) is 15.1. The maximum atomic E-state index is 10.8. The van der Waals surface area contributed by atoms with Crippen LogP contribution in [-0.4, -0.2) is 24.7 Å². The van der Waals surface area contributed by atoms with Crippen molar-refractivity contribution in [2.75, 3.05) is 25.1 Å². The highest BCUT2D eigenvalue weighted by atomic mass is 35.5. The Morgan fingerprint density at radius 1 is 1.45 bits per heavy atom. The first-order valence-corrected chi connectivity index (χ1v) is 7.05. The number of ether oxygens (including phenoxy) is 1. The van der Waals surface area contributed by atoms with Gasteiger partial charge in [-0.3, -0.25) is 10.1 Å². The largest absolute Gasteiger partial charge is 0.384 e. The van der Waals surface area contributed by atoms with Gasteiger partial charge in [0.25, 0.3) is 5.69 Å². The molecule has 0 unspecified atom stereocenters. The molecule has 1 N–H and O–H groups in total. The fraction of sp³-hybridized carbons (Fsp3) is 0.571. The van der Waals surface area contributed by atoms with E-state index in [1.807, 2.05) is 6.92 Å². The van der Waals surface area contributed by atoms with Crippen molar-refractivity contribution in [1.29, 1.82) is 0 Å². The van der Waals surface area contributed by atoms with E-state index in [4.69, 9.17) is 16.3 Å². The molecule has 0 saturated carbocycles. The van der Waals surface area contributed by atoms with Gasteiger partial charge >= 0.3 is 0 Å². The van der Waals surface area contributed by atoms with Gasteiger partial charge in [0.05, 0.1) is 4.92 Å². The van der Waals surface area contributed by atoms with E-state index in [2.05, 4.69) is 12.2 Å². The third-order valence-electron chi connectivity index (χ3n) is 3.90. The highest BCUT2D eigenvalue weighted by molar-refractivity contribution is 6.33. The van der Waals surface area contributed by atoms with E-state index in [1.54, 1.807) is 6.07 Å². The minimum absolute atomic E-state index is 0.0491. The van der Waals surface area contributed by atoms with Gasteiger partial charge in [-0.05, 0) is 36.8 Å². The van der Waals surface area contributed by atoms with Crippen LogP contribution in [0.25, 0.3) is 0 Å². The van der Waals surface area contributed by atoms with Gasteiger partial charge < -0.3 is 10.1 Å². The summed E-state index contributed by atoms with van der Waals surface area (Å²) in [5, 5.41) is 14.4. The predicted octanol–water partition coefficient (Wildman–Crippen LogP) is 3.79. The van der Waals surface area contributed by atoms with E-state index in [1.165, 1.54) is 6.07 Å². The fourth-order valence-electron chi connectivity index (χ4n) is 2.35. The average Bonchev–Trinajstić information content (AvgIpc) is 2.40. The molecule has 1 aromatic carbocycles. The van der Waals surface area contributed by atoms with Crippen molar-refractivity contribution in [3.05, 3.63) is 32.8 Å². The maximum absolute atomic E-state index is 10.8. The van der Waals surface area contributed by atoms with Gasteiger partial charge in [-0.1, -0.05) is 18.5 Å². The van der Waals surface area contributed by atoms with Crippen LogP contribution in [0, 0.1) is 22.5 Å². The number of hydrogen-bond donors (Lipinski definition) is 1. The van der Waals surface area contributed by atoms with Crippen LogP contribution >= 0.6 is 11.6 Å². The zero-order valence-corrected chi connectivity index (χ0v) is 12.5. The van der Waals surface area contributed by atoms with Crippen molar-refractivity contribution in [2.24, 2.45) is 5.41 Å². The molecule has 1 aromatic rings. The van der Waals surface area contributed by atoms with Crippen molar-refractivity contribution in [1.82, 2.24) is 0 Å². The summed E-state index contributed by atoms with van der Waals surface area (Å²) in [6.45, 7) is 6.46. The van der Waals surface area contributed by atoms with Crippen LogP contribution in [0.15, 0.2) is 12.1 Å². The standard InChI is InChI=1S/C14H19ClN2O3/c1-10-7-13(17(18)19)11(15)8-12(10)16-9-14(2)3-5-20-6-4-14/h7-8,16H,3-6,9H2,1-2H3. The summed E-state index contributed by atoms with van der Waals surface area (Å²) in [7, 11) is 0. The van der Waals surface area contributed by atoms with E-state index in [9.17, 15) is 10.1 Å². The molecule has 0 bridgehead atoms. The van der Waals surface area contributed by atoms with Crippen LogP contribution in [0.4, 0.5) is 11.4 Å². The van der Waals surface area contributed by atoms with Gasteiger partial charge in [-0.2, -0.15) is 0 Å². The smallest absolute Gasteiger partial charge is 0.288 e. The van der Waals surface area contributed by atoms with E-state index >= 15 is 0 Å². The molecule has 1 aliphatic heterocycles. The Morgan fingerprint density at radius 2 is 2.10 bits per heavy atom. The van der Waals surface area contributed by atoms with Gasteiger partial charge in [0.1, 0.15) is 5.02 Å². The van der Waals surface area contributed by atoms with E-state index < -0.39 is 4.92 Å². The number of nitro groups is 1. The quantitative estimate of drug-likeness (QED) is 0.678. The molecule has 1 aliphatic rings. The van der Waals surface area contributed by atoms with Gasteiger partial charge in [0, 0.05) is 31.5 Å². The average molecular weight is 299 g/mol. The Labute approximate surface area is 123 Å². The zero-order valence-electron chi connectivity index (χ0n) is 11.7. The topological polar surface area (TPSA) is 64.4 Å². The SMILES string of the molecule is Cc1cc([N+](=O)[O-])c(Cl)cc1NCC1(C)CCOCC1. The number of anilines is 1. The molecular formula is C14H19ClN2O3. The fourth-order valence-corrected chi connectivity index (χ4v) is 2.58. The van der Waals surface area contributed by atoms with Gasteiger partial charge in [-0.25, -0.2) is 0 Å². The monoisotopic (exact) mass is 298 g/mol. The summed E-state index contributed by atoms with van der Waals surface area (Å²) in [4.78, 5) is 10.4. The molecule has 0 radical (unpaired) electrons. The van der Waals surface area contributed by atoms with Crippen LogP contribution in [0.1, 0.15) is 25.3 Å². The van der Waals surface area contributed by atoms with Crippen LogP contribution in [0.5, 0.6) is 0 Å². The van der Waals surface area contributed by atoms with Crippen LogP contribution < -0.4 is 5.32 Å². The lowest BCUT2D eigenvalue weighted by Crippen LogP contribution is -2.33. The van der Waals surface area contributed by atoms with Crippen molar-refractivity contribution >= 4 is 23.0 Å². The maximum Gasteiger partial charge on any atom is 0.288 e. The van der Waals surface area contributed by atoms with E-state index in [0.29, 0.717) is 0 Å². The molecule has 1 fully saturated rings. The number of benzene rings is 1. The highest BCUT2D eigenvalue weighted by Gasteiger charge is 2.27. The van der Waals surface area contributed by atoms with Crippen molar-refractivity contribution in [2.45, 2.75) is 26.7 Å². The Kier molecular flexibility index (Phi) is 4.50. The molecular weight excluding hydrogens is 280 g/mol. The normalized spacial score (nSPS) is 17.8. The molecule has 20 heavy (non-hydrogen) atoms. The third kappa shape index (κ3) is 3.41. The van der Waals surface area contributed by atoms with E-state index in [0.717, 1.165) is 43.9 Å². The third-order valence-corrected chi connectivity index (χ3v) is 4.20. The molecule has 0 aliphatic carbocycles. The van der Waals surface area contributed by atoms with Gasteiger partial charge in [-0.15, -0.1) is 0 Å². The van der Waals surface area contributed by atoms with Crippen LogP contribution in [0.3, 0.4) is 0 Å². The number of nitrogens with one attached hydrogen (secondary N) is 1. The molecule has 1 saturated heterocycles. The second-order valence-corrected chi connectivity index (χ2v) is 6.06. The minimum Gasteiger partial charge on any atom is -0.384 e. The lowest BCUT2D eigenvalue weighted by Gasteiger charge is -2.34. The summed E-state index contributed by atoms with van der Waals surface area (Å²) < 4.78 is 5.38. The first-order valence-electron chi connectivity index (χ1n) is 6.67. The van der Waals surface area contributed by atoms with Crippen molar-refractivity contribution in [3.8, 4) is 0 Å². The second-order valence-electron chi connectivity index (χ2n) is 5.65. The van der Waals surface area contributed by atoms with Crippen molar-refractivity contribution in [3.63, 3.8) is 0 Å². The molecule has 6 heteroatoms. The number of nitrogens with zero attached hydrogens (tertiary/aromatic N) is 1. The molecule has 5 nitrogen and oxygen atoms in total. The number of aryl methyl sites for hydroxylation is 1. The second kappa shape index (κ2) is 5.97. The molecule has 0 atom stereocenters. The number of rotatable bonds is 4. The Bertz CT molecular complexity index is 513. The first-order chi connectivity index (χ1) is 9.41. The molecule has 110 valence electrons.